The van der Waals surface area contributed by atoms with Crippen molar-refractivity contribution in [3.63, 3.8) is 0 Å². The lowest BCUT2D eigenvalue weighted by Crippen LogP contribution is -2.14. The molecule has 0 aliphatic carbocycles. The summed E-state index contributed by atoms with van der Waals surface area (Å²) in [5.74, 6) is 0.818. The number of benzene rings is 2. The van der Waals surface area contributed by atoms with Crippen LogP contribution >= 0.6 is 24.0 Å². The van der Waals surface area contributed by atoms with E-state index in [1.54, 1.807) is 19.2 Å². The largest absolute Gasteiger partial charge is 0.493 e. The van der Waals surface area contributed by atoms with Crippen LogP contribution in [0.2, 0.25) is 5.02 Å². The van der Waals surface area contributed by atoms with Gasteiger partial charge in [0.25, 0.3) is 0 Å². The van der Waals surface area contributed by atoms with E-state index in [0.29, 0.717) is 23.1 Å². The summed E-state index contributed by atoms with van der Waals surface area (Å²) < 4.78 is 24.1. The van der Waals surface area contributed by atoms with E-state index < -0.39 is 0 Å². The molecule has 0 amide bonds. The first-order valence-corrected chi connectivity index (χ1v) is 7.96. The number of ether oxygens (including phenoxy) is 2. The highest BCUT2D eigenvalue weighted by atomic mass is 35.5. The second-order valence-electron chi connectivity index (χ2n) is 5.20. The fourth-order valence-electron chi connectivity index (χ4n) is 2.16. The van der Waals surface area contributed by atoms with Gasteiger partial charge < -0.3 is 14.8 Å². The lowest BCUT2D eigenvalue weighted by atomic mass is 10.2. The maximum atomic E-state index is 12.9. The van der Waals surface area contributed by atoms with Gasteiger partial charge in [-0.25, -0.2) is 4.39 Å². The third-order valence-corrected chi connectivity index (χ3v) is 3.62. The molecule has 0 atom stereocenters. The molecule has 1 N–H and O–H groups in total. The summed E-state index contributed by atoms with van der Waals surface area (Å²) in [4.78, 5) is 0. The number of hydrogen-bond donors (Lipinski definition) is 1. The molecule has 0 saturated carbocycles. The molecule has 132 valence electrons. The zero-order chi connectivity index (χ0) is 16.7. The Bertz CT molecular complexity index is 636. The molecule has 3 nitrogen and oxygen atoms in total. The summed E-state index contributed by atoms with van der Waals surface area (Å²) in [6.45, 7) is 4.08. The first kappa shape index (κ1) is 20.6. The fraction of sp³-hybridized carbons (Fsp3) is 0.333. The molecular weight excluding hydrogens is 352 g/mol. The van der Waals surface area contributed by atoms with Gasteiger partial charge in [0.05, 0.1) is 12.1 Å². The third kappa shape index (κ3) is 5.86. The molecule has 0 unspecified atom stereocenters. The molecule has 0 bridgehead atoms. The van der Waals surface area contributed by atoms with E-state index >= 15 is 0 Å². The minimum absolute atomic E-state index is 0. The molecule has 2 aromatic carbocycles. The molecule has 6 heteroatoms. The lowest BCUT2D eigenvalue weighted by molar-refractivity contribution is 0.284. The zero-order valence-electron chi connectivity index (χ0n) is 13.8. The van der Waals surface area contributed by atoms with Crippen LogP contribution in [0, 0.1) is 5.82 Å². The van der Waals surface area contributed by atoms with Crippen molar-refractivity contribution in [1.29, 1.82) is 0 Å². The molecule has 0 aromatic heterocycles. The molecule has 0 radical (unpaired) electrons. The van der Waals surface area contributed by atoms with Crippen LogP contribution < -0.4 is 14.8 Å². The van der Waals surface area contributed by atoms with Gasteiger partial charge in [-0.1, -0.05) is 30.7 Å². The topological polar surface area (TPSA) is 30.5 Å². The van der Waals surface area contributed by atoms with Gasteiger partial charge in [-0.05, 0) is 48.4 Å². The molecule has 0 aliphatic heterocycles. The van der Waals surface area contributed by atoms with Crippen molar-refractivity contribution >= 4 is 24.0 Å². The number of halogens is 3. The maximum absolute atomic E-state index is 12.9. The van der Waals surface area contributed by atoms with Crippen molar-refractivity contribution < 1.29 is 13.9 Å². The van der Waals surface area contributed by atoms with Crippen LogP contribution in [0.4, 0.5) is 4.39 Å². The van der Waals surface area contributed by atoms with Crippen LogP contribution in [0.1, 0.15) is 24.5 Å². The summed E-state index contributed by atoms with van der Waals surface area (Å²) in [5.41, 5.74) is 1.90. The van der Waals surface area contributed by atoms with E-state index in [-0.39, 0.29) is 18.2 Å². The summed E-state index contributed by atoms with van der Waals surface area (Å²) in [5, 5.41) is 3.82. The minimum atomic E-state index is -0.270. The molecule has 0 fully saturated rings. The molecule has 0 aliphatic rings. The standard InChI is InChI=1S/C18H21ClFNO2.ClH/c1-3-8-21-11-14-9-16(19)18(17(10-14)22-2)23-12-13-4-6-15(20)7-5-13;/h4-7,9-10,21H,3,8,11-12H2,1-2H3;1H. The van der Waals surface area contributed by atoms with Gasteiger partial charge >= 0.3 is 0 Å². The van der Waals surface area contributed by atoms with Gasteiger partial charge in [-0.3, -0.25) is 0 Å². The Morgan fingerprint density at radius 2 is 1.83 bits per heavy atom. The second-order valence-corrected chi connectivity index (χ2v) is 5.61. The van der Waals surface area contributed by atoms with Crippen molar-refractivity contribution in [2.75, 3.05) is 13.7 Å². The number of nitrogens with one attached hydrogen (secondary N) is 1. The summed E-state index contributed by atoms with van der Waals surface area (Å²) in [7, 11) is 1.58. The first-order chi connectivity index (χ1) is 11.1. The monoisotopic (exact) mass is 373 g/mol. The normalized spacial score (nSPS) is 10.2. The molecule has 24 heavy (non-hydrogen) atoms. The highest BCUT2D eigenvalue weighted by Gasteiger charge is 2.12. The summed E-state index contributed by atoms with van der Waals surface area (Å²) in [6.07, 6.45) is 1.07. The third-order valence-electron chi connectivity index (χ3n) is 3.34. The minimum Gasteiger partial charge on any atom is -0.493 e. The average molecular weight is 374 g/mol. The lowest BCUT2D eigenvalue weighted by Gasteiger charge is -2.14. The number of methoxy groups -OCH3 is 1. The SMILES string of the molecule is CCCNCc1cc(Cl)c(OCc2ccc(F)cc2)c(OC)c1.Cl. The zero-order valence-corrected chi connectivity index (χ0v) is 15.3. The predicted molar refractivity (Wildman–Crippen MR) is 98.0 cm³/mol. The van der Waals surface area contributed by atoms with Gasteiger partial charge in [-0.2, -0.15) is 0 Å². The Labute approximate surface area is 153 Å². The summed E-state index contributed by atoms with van der Waals surface area (Å²) >= 11 is 6.32. The van der Waals surface area contributed by atoms with Crippen LogP contribution in [0.5, 0.6) is 11.5 Å². The Morgan fingerprint density at radius 3 is 2.46 bits per heavy atom. The van der Waals surface area contributed by atoms with Gasteiger partial charge in [0, 0.05) is 6.54 Å². The van der Waals surface area contributed by atoms with Crippen LogP contribution in [0.15, 0.2) is 36.4 Å². The van der Waals surface area contributed by atoms with Crippen LogP contribution in [0.25, 0.3) is 0 Å². The Balaban J connectivity index is 0.00000288. The van der Waals surface area contributed by atoms with Gasteiger partial charge in [-0.15, -0.1) is 12.4 Å². The average Bonchev–Trinajstić information content (AvgIpc) is 2.55. The Kier molecular flexibility index (Phi) is 8.90. The quantitative estimate of drug-likeness (QED) is 0.661. The van der Waals surface area contributed by atoms with Crippen LogP contribution in [0.3, 0.4) is 0 Å². The van der Waals surface area contributed by atoms with E-state index in [4.69, 9.17) is 21.1 Å². The maximum Gasteiger partial charge on any atom is 0.180 e. The van der Waals surface area contributed by atoms with E-state index in [0.717, 1.165) is 30.6 Å². The van der Waals surface area contributed by atoms with Crippen molar-refractivity contribution in [3.05, 3.63) is 58.4 Å². The molecule has 2 rings (SSSR count). The predicted octanol–water partition coefficient (Wildman–Crippen LogP) is 4.99. The molecule has 0 spiro atoms. The van der Waals surface area contributed by atoms with E-state index in [2.05, 4.69) is 12.2 Å². The van der Waals surface area contributed by atoms with Crippen LogP contribution in [-0.4, -0.2) is 13.7 Å². The van der Waals surface area contributed by atoms with Crippen molar-refractivity contribution in [1.82, 2.24) is 5.32 Å². The van der Waals surface area contributed by atoms with E-state index in [1.165, 1.54) is 12.1 Å². The Hall–Kier alpha value is -1.49. The van der Waals surface area contributed by atoms with E-state index in [9.17, 15) is 4.39 Å². The molecule has 2 aromatic rings. The number of rotatable bonds is 8. The number of hydrogen-bond acceptors (Lipinski definition) is 3. The summed E-state index contributed by atoms with van der Waals surface area (Å²) in [6, 6.07) is 9.94. The fourth-order valence-corrected chi connectivity index (χ4v) is 2.45. The second kappa shape index (κ2) is 10.4. The van der Waals surface area contributed by atoms with E-state index in [1.807, 2.05) is 12.1 Å². The van der Waals surface area contributed by atoms with Gasteiger partial charge in [0.2, 0.25) is 0 Å². The highest BCUT2D eigenvalue weighted by molar-refractivity contribution is 6.32. The van der Waals surface area contributed by atoms with Crippen molar-refractivity contribution in [2.45, 2.75) is 26.5 Å². The first-order valence-electron chi connectivity index (χ1n) is 7.58. The van der Waals surface area contributed by atoms with Crippen molar-refractivity contribution in [2.24, 2.45) is 0 Å². The van der Waals surface area contributed by atoms with Gasteiger partial charge in [0.1, 0.15) is 12.4 Å². The molecule has 0 saturated heterocycles. The van der Waals surface area contributed by atoms with Crippen LogP contribution in [-0.2, 0) is 13.2 Å². The Morgan fingerprint density at radius 1 is 1.12 bits per heavy atom. The molecular formula is C18H22Cl2FNO2. The van der Waals surface area contributed by atoms with Gasteiger partial charge in [0.15, 0.2) is 11.5 Å². The smallest absolute Gasteiger partial charge is 0.180 e. The highest BCUT2D eigenvalue weighted by Crippen LogP contribution is 2.37. The molecule has 0 heterocycles. The van der Waals surface area contributed by atoms with Crippen molar-refractivity contribution in [3.8, 4) is 11.5 Å².